The van der Waals surface area contributed by atoms with E-state index in [2.05, 4.69) is 0 Å². The smallest absolute Gasteiger partial charge is 0.237 e. The molecule has 19 heavy (non-hydrogen) atoms. The Kier molecular flexibility index (Phi) is 9.06. The van der Waals surface area contributed by atoms with Gasteiger partial charge in [0.1, 0.15) is 0 Å². The molecular formula is C11H24N4O4. The Morgan fingerprint density at radius 2 is 1.89 bits per heavy atom. The number of hydrogen-bond acceptors (Lipinski definition) is 6. The number of carbonyl (C=O) groups is 2. The molecule has 0 rings (SSSR count). The first-order valence-corrected chi connectivity index (χ1v) is 6.20. The molecule has 0 saturated heterocycles. The van der Waals surface area contributed by atoms with Crippen molar-refractivity contribution in [2.45, 2.75) is 45.3 Å². The third-order valence-electron chi connectivity index (χ3n) is 2.57. The van der Waals surface area contributed by atoms with Gasteiger partial charge in [0.05, 0.1) is 18.8 Å². The number of nitrogens with two attached hydrogens (primary N) is 2. The minimum Gasteiger partial charge on any atom is -0.391 e. The van der Waals surface area contributed by atoms with Crippen molar-refractivity contribution in [2.24, 2.45) is 17.6 Å². The van der Waals surface area contributed by atoms with E-state index in [9.17, 15) is 14.7 Å². The number of ether oxygens (including phenoxy) is 1. The Hall–Kier alpha value is -1.22. The van der Waals surface area contributed by atoms with Gasteiger partial charge in [-0.2, -0.15) is 0 Å². The summed E-state index contributed by atoms with van der Waals surface area (Å²) < 4.78 is 5.25. The van der Waals surface area contributed by atoms with Crippen molar-refractivity contribution >= 4 is 11.8 Å². The van der Waals surface area contributed by atoms with Crippen LogP contribution in [0.4, 0.5) is 0 Å². The van der Waals surface area contributed by atoms with E-state index < -0.39 is 17.9 Å². The molecule has 7 N–H and O–H groups in total. The van der Waals surface area contributed by atoms with E-state index in [1.807, 2.05) is 24.7 Å². The van der Waals surface area contributed by atoms with Crippen molar-refractivity contribution in [3.05, 3.63) is 0 Å². The van der Waals surface area contributed by atoms with Crippen molar-refractivity contribution in [3.8, 4) is 0 Å². The molecule has 2 amide bonds. The van der Waals surface area contributed by atoms with E-state index in [1.54, 1.807) is 0 Å². The van der Waals surface area contributed by atoms with Crippen LogP contribution in [0.25, 0.3) is 0 Å². The Balaban J connectivity index is 4.26. The van der Waals surface area contributed by atoms with Crippen LogP contribution in [0.15, 0.2) is 0 Å². The number of hydrogen-bond donors (Lipinski definition) is 5. The molecule has 112 valence electrons. The standard InChI is InChI=1S/C11H24N4O4/c1-7(2)19-6-9(16)5-8(11(18)15-13)3-4-10(17)14-12/h7-9,16H,3-6,12-13H2,1-2H3,(H,14,17)(H,15,18). The van der Waals surface area contributed by atoms with E-state index in [0.29, 0.717) is 0 Å². The highest BCUT2D eigenvalue weighted by Crippen LogP contribution is 2.14. The summed E-state index contributed by atoms with van der Waals surface area (Å²) in [7, 11) is 0. The van der Waals surface area contributed by atoms with Crippen molar-refractivity contribution < 1.29 is 19.4 Å². The lowest BCUT2D eigenvalue weighted by Crippen LogP contribution is -2.39. The first-order valence-electron chi connectivity index (χ1n) is 6.20. The van der Waals surface area contributed by atoms with E-state index in [4.69, 9.17) is 16.4 Å². The summed E-state index contributed by atoms with van der Waals surface area (Å²) in [6, 6.07) is 0. The third-order valence-corrected chi connectivity index (χ3v) is 2.57. The van der Waals surface area contributed by atoms with Gasteiger partial charge in [0, 0.05) is 12.3 Å². The lowest BCUT2D eigenvalue weighted by atomic mass is 9.95. The topological polar surface area (TPSA) is 140 Å². The highest BCUT2D eigenvalue weighted by molar-refractivity contribution is 5.80. The highest BCUT2D eigenvalue weighted by atomic mass is 16.5. The molecular weight excluding hydrogens is 252 g/mol. The average Bonchev–Trinajstić information content (AvgIpc) is 2.39. The number of carbonyl (C=O) groups excluding carboxylic acids is 2. The van der Waals surface area contributed by atoms with Crippen LogP contribution in [0.3, 0.4) is 0 Å². The van der Waals surface area contributed by atoms with Crippen LogP contribution < -0.4 is 22.5 Å². The zero-order chi connectivity index (χ0) is 14.8. The maximum atomic E-state index is 11.5. The molecule has 8 heteroatoms. The summed E-state index contributed by atoms with van der Waals surface area (Å²) in [5.74, 6) is 8.67. The minimum absolute atomic E-state index is 0.000507. The van der Waals surface area contributed by atoms with Gasteiger partial charge >= 0.3 is 0 Å². The number of aliphatic hydroxyl groups excluding tert-OH is 1. The molecule has 0 aromatic carbocycles. The quantitative estimate of drug-likeness (QED) is 0.198. The summed E-state index contributed by atoms with van der Waals surface area (Å²) in [5, 5.41) is 9.76. The number of aliphatic hydroxyl groups is 1. The SMILES string of the molecule is CC(C)OCC(O)CC(CCC(=O)NN)C(=O)NN. The predicted molar refractivity (Wildman–Crippen MR) is 69.1 cm³/mol. The maximum absolute atomic E-state index is 11.5. The largest absolute Gasteiger partial charge is 0.391 e. The van der Waals surface area contributed by atoms with E-state index in [-0.39, 0.29) is 37.9 Å². The molecule has 0 spiro atoms. The van der Waals surface area contributed by atoms with Crippen LogP contribution in [-0.2, 0) is 14.3 Å². The Morgan fingerprint density at radius 1 is 1.26 bits per heavy atom. The van der Waals surface area contributed by atoms with Crippen LogP contribution in [0.2, 0.25) is 0 Å². The van der Waals surface area contributed by atoms with Gasteiger partial charge < -0.3 is 9.84 Å². The molecule has 0 radical (unpaired) electrons. The minimum atomic E-state index is -0.786. The van der Waals surface area contributed by atoms with Crippen molar-refractivity contribution in [1.82, 2.24) is 10.9 Å². The van der Waals surface area contributed by atoms with Gasteiger partial charge in [0.15, 0.2) is 0 Å². The molecule has 2 atom stereocenters. The fourth-order valence-corrected chi connectivity index (χ4v) is 1.55. The summed E-state index contributed by atoms with van der Waals surface area (Å²) in [6.45, 7) is 3.83. The van der Waals surface area contributed by atoms with E-state index >= 15 is 0 Å². The van der Waals surface area contributed by atoms with Gasteiger partial charge in [0.2, 0.25) is 11.8 Å². The molecule has 0 aliphatic carbocycles. The van der Waals surface area contributed by atoms with Gasteiger partial charge in [-0.3, -0.25) is 20.4 Å². The summed E-state index contributed by atoms with van der Waals surface area (Å²) >= 11 is 0. The van der Waals surface area contributed by atoms with Gasteiger partial charge in [-0.05, 0) is 26.7 Å². The summed E-state index contributed by atoms with van der Waals surface area (Å²) in [5.41, 5.74) is 4.00. The van der Waals surface area contributed by atoms with Gasteiger partial charge in [-0.1, -0.05) is 0 Å². The van der Waals surface area contributed by atoms with Crippen LogP contribution in [0.1, 0.15) is 33.1 Å². The second-order valence-corrected chi connectivity index (χ2v) is 4.58. The predicted octanol–water partition coefficient (Wildman–Crippen LogP) is -1.46. The average molecular weight is 276 g/mol. The lowest BCUT2D eigenvalue weighted by molar-refractivity contribution is -0.127. The molecule has 2 unspecified atom stereocenters. The lowest BCUT2D eigenvalue weighted by Gasteiger charge is -2.19. The number of nitrogens with one attached hydrogen (secondary N) is 2. The van der Waals surface area contributed by atoms with Crippen LogP contribution in [-0.4, -0.2) is 35.7 Å². The molecule has 0 heterocycles. The van der Waals surface area contributed by atoms with Crippen molar-refractivity contribution in [3.63, 3.8) is 0 Å². The molecule has 0 aromatic rings. The second-order valence-electron chi connectivity index (χ2n) is 4.58. The Morgan fingerprint density at radius 3 is 2.37 bits per heavy atom. The Labute approximate surface area is 112 Å². The first kappa shape index (κ1) is 17.8. The fourth-order valence-electron chi connectivity index (χ4n) is 1.55. The molecule has 0 saturated carbocycles. The third kappa shape index (κ3) is 8.49. The molecule has 8 nitrogen and oxygen atoms in total. The van der Waals surface area contributed by atoms with E-state index in [1.165, 1.54) is 0 Å². The highest BCUT2D eigenvalue weighted by Gasteiger charge is 2.22. The monoisotopic (exact) mass is 276 g/mol. The van der Waals surface area contributed by atoms with Crippen LogP contribution in [0, 0.1) is 5.92 Å². The normalized spacial score (nSPS) is 14.0. The van der Waals surface area contributed by atoms with Crippen molar-refractivity contribution in [2.75, 3.05) is 6.61 Å². The second kappa shape index (κ2) is 9.68. The number of amides is 2. The zero-order valence-corrected chi connectivity index (χ0v) is 11.4. The van der Waals surface area contributed by atoms with E-state index in [0.717, 1.165) is 0 Å². The first-order chi connectivity index (χ1) is 8.90. The van der Waals surface area contributed by atoms with Crippen LogP contribution in [0.5, 0.6) is 0 Å². The van der Waals surface area contributed by atoms with Crippen molar-refractivity contribution in [1.29, 1.82) is 0 Å². The van der Waals surface area contributed by atoms with Crippen LogP contribution >= 0.6 is 0 Å². The molecule has 0 bridgehead atoms. The number of hydrazine groups is 2. The maximum Gasteiger partial charge on any atom is 0.237 e. The Bertz CT molecular complexity index is 286. The fraction of sp³-hybridized carbons (Fsp3) is 0.818. The molecule has 0 aliphatic heterocycles. The molecule has 0 fully saturated rings. The van der Waals surface area contributed by atoms with Gasteiger partial charge in [0.25, 0.3) is 0 Å². The van der Waals surface area contributed by atoms with Gasteiger partial charge in [-0.25, -0.2) is 11.7 Å². The molecule has 0 aromatic heterocycles. The number of rotatable bonds is 9. The molecule has 0 aliphatic rings. The summed E-state index contributed by atoms with van der Waals surface area (Å²) in [6.07, 6.45) is -0.268. The van der Waals surface area contributed by atoms with Gasteiger partial charge in [-0.15, -0.1) is 0 Å². The summed E-state index contributed by atoms with van der Waals surface area (Å²) in [4.78, 5) is 22.6. The zero-order valence-electron chi connectivity index (χ0n) is 11.4.